The molecule has 3 N–H and O–H groups in total. The van der Waals surface area contributed by atoms with E-state index in [4.69, 9.17) is 23.7 Å². The van der Waals surface area contributed by atoms with E-state index in [0.29, 0.717) is 19.3 Å². The number of unbranched alkanes of at least 4 members (excludes halogenated alkanes) is 30. The van der Waals surface area contributed by atoms with Crippen LogP contribution < -0.4 is 0 Å². The van der Waals surface area contributed by atoms with Gasteiger partial charge >= 0.3 is 23.9 Å². The van der Waals surface area contributed by atoms with Crippen molar-refractivity contribution in [1.29, 1.82) is 0 Å². The highest BCUT2D eigenvalue weighted by molar-refractivity contribution is 5.74. The summed E-state index contributed by atoms with van der Waals surface area (Å²) in [6.45, 7) is 5.80. The largest absolute Gasteiger partial charge is 0.479 e. The highest BCUT2D eigenvalue weighted by Gasteiger charge is 2.50. The standard InChI is InChI=1S/C69H118O12/c1-4-7-10-13-16-19-22-25-28-31-34-37-40-43-46-49-52-55-61(70)77-58-60(79-62(71)56-53-50-47-44-41-38-35-32-29-26-23-20-17-14-11-8-5-2)59-78-69-67(65(74)64(73)66(81-69)68(75)76)80-63(72)57-54-51-48-45-42-39-36-33-30-27-24-21-18-15-12-9-6-3/h7-8,10-11,16-17,19-20,25-26,28-29,60,64-67,69,73-74H,4-6,9,12-15,18,21-24,27,30-59H2,1-3H3,(H,75,76)/b10-7-,11-8-,19-16-,20-17-,28-25-,29-26-. The maximum absolute atomic E-state index is 13.2. The van der Waals surface area contributed by atoms with E-state index in [1.54, 1.807) is 0 Å². The molecule has 0 bridgehead atoms. The van der Waals surface area contributed by atoms with Crippen LogP contribution in [0.4, 0.5) is 0 Å². The summed E-state index contributed by atoms with van der Waals surface area (Å²) in [5.41, 5.74) is 0. The van der Waals surface area contributed by atoms with E-state index in [1.165, 1.54) is 83.5 Å². The highest BCUT2D eigenvalue weighted by atomic mass is 16.7. The summed E-state index contributed by atoms with van der Waals surface area (Å²) in [4.78, 5) is 51.4. The number of esters is 3. The molecule has 81 heavy (non-hydrogen) atoms. The smallest absolute Gasteiger partial charge is 0.335 e. The number of allylic oxidation sites excluding steroid dienone is 12. The number of ether oxygens (including phenoxy) is 5. The molecule has 466 valence electrons. The Hall–Kier alpha value is -3.84. The molecule has 1 aliphatic heterocycles. The summed E-state index contributed by atoms with van der Waals surface area (Å²) >= 11 is 0. The quantitative estimate of drug-likeness (QED) is 0.0228. The van der Waals surface area contributed by atoms with Gasteiger partial charge in [0.1, 0.15) is 18.8 Å². The number of rotatable bonds is 56. The number of carbonyl (C=O) groups excluding carboxylic acids is 3. The molecule has 1 aliphatic rings. The average Bonchev–Trinajstić information content (AvgIpc) is 3.53. The molecule has 0 aromatic rings. The van der Waals surface area contributed by atoms with Crippen LogP contribution >= 0.6 is 0 Å². The van der Waals surface area contributed by atoms with Gasteiger partial charge in [-0.3, -0.25) is 14.4 Å². The van der Waals surface area contributed by atoms with Crippen LogP contribution in [-0.4, -0.2) is 89.2 Å². The van der Waals surface area contributed by atoms with Crippen molar-refractivity contribution in [1.82, 2.24) is 0 Å². The molecule has 0 spiro atoms. The molecular weight excluding hydrogens is 1020 g/mol. The van der Waals surface area contributed by atoms with Crippen molar-refractivity contribution in [2.75, 3.05) is 13.2 Å². The normalized spacial score (nSPS) is 18.2. The van der Waals surface area contributed by atoms with Crippen molar-refractivity contribution in [3.8, 4) is 0 Å². The molecule has 0 aromatic carbocycles. The zero-order valence-electron chi connectivity index (χ0n) is 51.5. The zero-order valence-corrected chi connectivity index (χ0v) is 51.5. The van der Waals surface area contributed by atoms with Gasteiger partial charge in [-0.15, -0.1) is 0 Å². The van der Waals surface area contributed by atoms with Gasteiger partial charge in [-0.05, 0) is 83.5 Å². The predicted molar refractivity (Wildman–Crippen MR) is 331 cm³/mol. The molecule has 1 heterocycles. The van der Waals surface area contributed by atoms with Crippen molar-refractivity contribution in [2.45, 2.75) is 327 Å². The number of hydrogen-bond acceptors (Lipinski definition) is 11. The Kier molecular flexibility index (Phi) is 52.6. The van der Waals surface area contributed by atoms with Gasteiger partial charge in [-0.25, -0.2) is 4.79 Å². The number of aliphatic hydroxyl groups is 2. The van der Waals surface area contributed by atoms with Crippen molar-refractivity contribution in [2.24, 2.45) is 0 Å². The second-order valence-corrected chi connectivity index (χ2v) is 22.3. The molecule has 1 fully saturated rings. The van der Waals surface area contributed by atoms with E-state index in [1.807, 2.05) is 0 Å². The first-order valence-electron chi connectivity index (χ1n) is 32.9. The second kappa shape index (κ2) is 56.6. The van der Waals surface area contributed by atoms with Gasteiger partial charge in [0, 0.05) is 19.3 Å². The van der Waals surface area contributed by atoms with E-state index in [-0.39, 0.29) is 25.9 Å². The Bertz CT molecular complexity index is 1680. The van der Waals surface area contributed by atoms with Crippen molar-refractivity contribution in [3.05, 3.63) is 72.9 Å². The first kappa shape index (κ1) is 75.2. The van der Waals surface area contributed by atoms with Crippen molar-refractivity contribution < 1.29 is 58.2 Å². The molecule has 0 aliphatic carbocycles. The molecule has 0 radical (unpaired) electrons. The molecule has 0 aromatic heterocycles. The third kappa shape index (κ3) is 46.3. The Morgan fingerprint density at radius 1 is 0.420 bits per heavy atom. The van der Waals surface area contributed by atoms with Crippen LogP contribution in [0.15, 0.2) is 72.9 Å². The summed E-state index contributed by atoms with van der Waals surface area (Å²) in [6, 6.07) is 0. The van der Waals surface area contributed by atoms with Crippen molar-refractivity contribution in [3.63, 3.8) is 0 Å². The number of carboxylic acids is 1. The Balaban J connectivity index is 2.66. The van der Waals surface area contributed by atoms with Crippen LogP contribution in [0.2, 0.25) is 0 Å². The Morgan fingerprint density at radius 2 is 0.778 bits per heavy atom. The van der Waals surface area contributed by atoms with Gasteiger partial charge in [-0.2, -0.15) is 0 Å². The number of hydrogen-bond donors (Lipinski definition) is 3. The molecule has 0 saturated carbocycles. The van der Waals surface area contributed by atoms with Crippen molar-refractivity contribution >= 4 is 23.9 Å². The third-order valence-corrected chi connectivity index (χ3v) is 14.8. The van der Waals surface area contributed by atoms with Gasteiger partial charge in [-0.1, -0.05) is 261 Å². The molecular formula is C69H118O12. The molecule has 12 heteroatoms. The summed E-state index contributed by atoms with van der Waals surface area (Å²) in [5, 5.41) is 31.6. The minimum absolute atomic E-state index is 0.0607. The zero-order chi connectivity index (χ0) is 58.9. The minimum atomic E-state index is -1.91. The highest BCUT2D eigenvalue weighted by Crippen LogP contribution is 2.27. The van der Waals surface area contributed by atoms with E-state index in [2.05, 4.69) is 93.7 Å². The molecule has 6 unspecified atom stereocenters. The van der Waals surface area contributed by atoms with Crippen LogP contribution in [0, 0.1) is 0 Å². The van der Waals surface area contributed by atoms with Gasteiger partial charge < -0.3 is 39.0 Å². The lowest BCUT2D eigenvalue weighted by Gasteiger charge is -2.40. The van der Waals surface area contributed by atoms with Gasteiger partial charge in [0.05, 0.1) is 6.61 Å². The van der Waals surface area contributed by atoms with Gasteiger partial charge in [0.25, 0.3) is 0 Å². The van der Waals surface area contributed by atoms with Crippen LogP contribution in [0.25, 0.3) is 0 Å². The summed E-state index contributed by atoms with van der Waals surface area (Å²) in [7, 11) is 0. The predicted octanol–water partition coefficient (Wildman–Crippen LogP) is 17.7. The summed E-state index contributed by atoms with van der Waals surface area (Å²) in [6.07, 6.45) is 60.0. The van der Waals surface area contributed by atoms with Crippen LogP contribution in [0.1, 0.15) is 290 Å². The second-order valence-electron chi connectivity index (χ2n) is 22.3. The lowest BCUT2D eigenvalue weighted by Crippen LogP contribution is -2.61. The van der Waals surface area contributed by atoms with E-state index in [9.17, 15) is 34.5 Å². The van der Waals surface area contributed by atoms with Gasteiger partial charge in [0.2, 0.25) is 0 Å². The number of carboxylic acid groups (broad SMARTS) is 1. The molecule has 6 atom stereocenters. The lowest BCUT2D eigenvalue weighted by atomic mass is 9.98. The fourth-order valence-electron chi connectivity index (χ4n) is 9.81. The van der Waals surface area contributed by atoms with Crippen LogP contribution in [0.5, 0.6) is 0 Å². The van der Waals surface area contributed by atoms with E-state index in [0.717, 1.165) is 148 Å². The van der Waals surface area contributed by atoms with E-state index < -0.39 is 67.3 Å². The SMILES string of the molecule is CC/C=C\C/C=C\C/C=C\CCCCCCCCCC(=O)OCC(COC1OC(C(=O)O)C(O)C(O)C1OC(=O)CCCCCCCCCCCCCCCCCCC)OC(=O)CCCCCCCCC/C=C\C/C=C\C/C=C\CC. The van der Waals surface area contributed by atoms with Crippen LogP contribution in [0.3, 0.4) is 0 Å². The number of aliphatic hydroxyl groups excluding tert-OH is 2. The molecule has 1 rings (SSSR count). The molecule has 0 amide bonds. The average molecular weight is 1140 g/mol. The Morgan fingerprint density at radius 3 is 1.19 bits per heavy atom. The Labute approximate surface area is 493 Å². The minimum Gasteiger partial charge on any atom is -0.479 e. The maximum Gasteiger partial charge on any atom is 0.335 e. The topological polar surface area (TPSA) is 175 Å². The molecule has 1 saturated heterocycles. The summed E-state index contributed by atoms with van der Waals surface area (Å²) < 4.78 is 28.6. The number of carbonyl (C=O) groups is 4. The molecule has 12 nitrogen and oxygen atoms in total. The monoisotopic (exact) mass is 1140 g/mol. The fraction of sp³-hybridized carbons (Fsp3) is 0.768. The third-order valence-electron chi connectivity index (χ3n) is 14.8. The van der Waals surface area contributed by atoms with Gasteiger partial charge in [0.15, 0.2) is 24.6 Å². The van der Waals surface area contributed by atoms with E-state index >= 15 is 0 Å². The number of aliphatic carboxylic acids is 1. The summed E-state index contributed by atoms with van der Waals surface area (Å²) in [5.74, 6) is -3.13. The first-order chi connectivity index (χ1) is 39.6. The maximum atomic E-state index is 13.2. The first-order valence-corrected chi connectivity index (χ1v) is 32.9. The van der Waals surface area contributed by atoms with Crippen LogP contribution in [-0.2, 0) is 42.9 Å². The lowest BCUT2D eigenvalue weighted by molar-refractivity contribution is -0.301. The fourth-order valence-corrected chi connectivity index (χ4v) is 9.81.